The average molecular weight is 481 g/mol. The molecule has 1 aliphatic heterocycles. The summed E-state index contributed by atoms with van der Waals surface area (Å²) in [5, 5.41) is 18.4. The van der Waals surface area contributed by atoms with E-state index in [0.717, 1.165) is 25.0 Å². The number of nitrogens with one attached hydrogen (secondary N) is 1. The molecule has 12 heteroatoms. The maximum Gasteiger partial charge on any atom is 0.416 e. The Morgan fingerprint density at radius 2 is 1.91 bits per heavy atom. The van der Waals surface area contributed by atoms with E-state index in [1.165, 1.54) is 0 Å². The number of halogens is 3. The second-order valence-corrected chi connectivity index (χ2v) is 9.22. The van der Waals surface area contributed by atoms with E-state index in [1.807, 2.05) is 13.8 Å². The molecule has 1 amide bonds. The topological polar surface area (TPSA) is 114 Å². The van der Waals surface area contributed by atoms with Crippen LogP contribution in [0.15, 0.2) is 22.7 Å². The summed E-state index contributed by atoms with van der Waals surface area (Å²) in [7, 11) is 0. The average Bonchev–Trinajstić information content (AvgIpc) is 3.53. The standard InChI is InChI=1S/C22H26F3N5O4/c1-12(2)18(21-27-19(28-34-21)13-3-4-13)26-20(31)14-7-9-29(10-8-14)16-6-5-15(22(23,24)25)11-17(16)30(32)33/h5-6,11-14,18H,3-4,7-10H2,1-2H3,(H,26,31). The molecule has 4 rings (SSSR count). The molecule has 1 aromatic carbocycles. The number of carbonyl (C=O) groups excluding carboxylic acids is 1. The number of nitro benzene ring substituents is 1. The molecule has 1 saturated heterocycles. The van der Waals surface area contributed by atoms with Crippen molar-refractivity contribution >= 4 is 17.3 Å². The van der Waals surface area contributed by atoms with Crippen LogP contribution in [0, 0.1) is 22.0 Å². The van der Waals surface area contributed by atoms with E-state index in [2.05, 4.69) is 15.5 Å². The zero-order valence-electron chi connectivity index (χ0n) is 18.8. The number of piperidine rings is 1. The van der Waals surface area contributed by atoms with Crippen LogP contribution in [0.3, 0.4) is 0 Å². The van der Waals surface area contributed by atoms with Crippen molar-refractivity contribution in [3.8, 4) is 0 Å². The Bertz CT molecular complexity index is 1060. The van der Waals surface area contributed by atoms with Gasteiger partial charge in [-0.1, -0.05) is 19.0 Å². The van der Waals surface area contributed by atoms with Crippen LogP contribution in [0.1, 0.15) is 68.8 Å². The summed E-state index contributed by atoms with van der Waals surface area (Å²) in [5.41, 5.74) is -1.54. The van der Waals surface area contributed by atoms with Crippen molar-refractivity contribution in [1.29, 1.82) is 0 Å². The fraction of sp³-hybridized carbons (Fsp3) is 0.591. The fourth-order valence-electron chi connectivity index (χ4n) is 4.16. The molecule has 1 atom stereocenters. The highest BCUT2D eigenvalue weighted by molar-refractivity contribution is 5.79. The second kappa shape index (κ2) is 9.22. The molecule has 1 unspecified atom stereocenters. The minimum Gasteiger partial charge on any atom is -0.366 e. The molecule has 1 aromatic heterocycles. The molecule has 0 bridgehead atoms. The molecule has 1 N–H and O–H groups in total. The van der Waals surface area contributed by atoms with Gasteiger partial charge in [-0.05, 0) is 43.7 Å². The lowest BCUT2D eigenvalue weighted by Gasteiger charge is -2.33. The van der Waals surface area contributed by atoms with Gasteiger partial charge in [0.2, 0.25) is 11.8 Å². The van der Waals surface area contributed by atoms with Crippen LogP contribution in [-0.4, -0.2) is 34.1 Å². The lowest BCUT2D eigenvalue weighted by Crippen LogP contribution is -2.42. The van der Waals surface area contributed by atoms with Gasteiger partial charge in [0.25, 0.3) is 5.69 Å². The van der Waals surface area contributed by atoms with Gasteiger partial charge in [-0.2, -0.15) is 18.2 Å². The van der Waals surface area contributed by atoms with E-state index in [1.54, 1.807) is 4.90 Å². The van der Waals surface area contributed by atoms with Crippen LogP contribution in [-0.2, 0) is 11.0 Å². The van der Waals surface area contributed by atoms with Crippen LogP contribution in [0.4, 0.5) is 24.5 Å². The number of aromatic nitrogens is 2. The van der Waals surface area contributed by atoms with Gasteiger partial charge in [0, 0.05) is 31.0 Å². The first-order valence-corrected chi connectivity index (χ1v) is 11.3. The highest BCUT2D eigenvalue weighted by Crippen LogP contribution is 2.39. The molecule has 1 aliphatic carbocycles. The second-order valence-electron chi connectivity index (χ2n) is 9.22. The number of nitro groups is 1. The molecule has 9 nitrogen and oxygen atoms in total. The molecule has 0 radical (unpaired) electrons. The summed E-state index contributed by atoms with van der Waals surface area (Å²) < 4.78 is 44.3. The Hall–Kier alpha value is -3.18. The van der Waals surface area contributed by atoms with Gasteiger partial charge in [0.1, 0.15) is 11.7 Å². The van der Waals surface area contributed by atoms with E-state index in [-0.39, 0.29) is 23.4 Å². The summed E-state index contributed by atoms with van der Waals surface area (Å²) in [6.07, 6.45) is -1.78. The summed E-state index contributed by atoms with van der Waals surface area (Å²) in [4.78, 5) is 29.7. The molecular weight excluding hydrogens is 455 g/mol. The molecule has 184 valence electrons. The van der Waals surface area contributed by atoms with Crippen molar-refractivity contribution in [1.82, 2.24) is 15.5 Å². The predicted molar refractivity (Wildman–Crippen MR) is 115 cm³/mol. The lowest BCUT2D eigenvalue weighted by molar-refractivity contribution is -0.384. The Morgan fingerprint density at radius 1 is 1.24 bits per heavy atom. The highest BCUT2D eigenvalue weighted by atomic mass is 19.4. The van der Waals surface area contributed by atoms with Crippen LogP contribution in [0.2, 0.25) is 0 Å². The van der Waals surface area contributed by atoms with E-state index in [0.29, 0.717) is 49.6 Å². The number of amides is 1. The van der Waals surface area contributed by atoms with Crippen molar-refractivity contribution in [3.05, 3.63) is 45.6 Å². The maximum atomic E-state index is 13.0. The van der Waals surface area contributed by atoms with Crippen LogP contribution in [0.5, 0.6) is 0 Å². The number of hydrogen-bond donors (Lipinski definition) is 1. The first-order chi connectivity index (χ1) is 16.0. The number of carbonyl (C=O) groups is 1. The minimum atomic E-state index is -4.67. The van der Waals surface area contributed by atoms with Gasteiger partial charge < -0.3 is 14.7 Å². The highest BCUT2D eigenvalue weighted by Gasteiger charge is 2.36. The van der Waals surface area contributed by atoms with Crippen LogP contribution in [0.25, 0.3) is 0 Å². The number of anilines is 1. The summed E-state index contributed by atoms with van der Waals surface area (Å²) in [6, 6.07) is 2.10. The SMILES string of the molecule is CC(C)C(NC(=O)C1CCN(c2ccc(C(F)(F)F)cc2[N+](=O)[O-])CC1)c1nc(C2CC2)no1. The Morgan fingerprint density at radius 3 is 2.47 bits per heavy atom. The third-order valence-corrected chi connectivity index (χ3v) is 6.34. The quantitative estimate of drug-likeness (QED) is 0.454. The van der Waals surface area contributed by atoms with Gasteiger partial charge in [0.15, 0.2) is 5.82 Å². The van der Waals surface area contributed by atoms with Crippen molar-refractivity contribution in [3.63, 3.8) is 0 Å². The third kappa shape index (κ3) is 5.15. The van der Waals surface area contributed by atoms with Gasteiger partial charge >= 0.3 is 6.18 Å². The Labute approximate surface area is 193 Å². The zero-order valence-corrected chi connectivity index (χ0v) is 18.8. The number of hydrogen-bond acceptors (Lipinski definition) is 7. The monoisotopic (exact) mass is 481 g/mol. The van der Waals surface area contributed by atoms with Crippen molar-refractivity contribution < 1.29 is 27.4 Å². The number of alkyl halides is 3. The molecule has 2 aromatic rings. The fourth-order valence-corrected chi connectivity index (χ4v) is 4.16. The normalized spacial score (nSPS) is 18.2. The van der Waals surface area contributed by atoms with Crippen molar-refractivity contribution in [2.75, 3.05) is 18.0 Å². The number of nitrogens with zero attached hydrogens (tertiary/aromatic N) is 4. The first-order valence-electron chi connectivity index (χ1n) is 11.3. The van der Waals surface area contributed by atoms with Gasteiger partial charge in [0.05, 0.1) is 10.5 Å². The molecule has 34 heavy (non-hydrogen) atoms. The van der Waals surface area contributed by atoms with Gasteiger partial charge in [-0.3, -0.25) is 14.9 Å². The van der Waals surface area contributed by atoms with E-state index >= 15 is 0 Å². The van der Waals surface area contributed by atoms with Crippen LogP contribution < -0.4 is 10.2 Å². The van der Waals surface area contributed by atoms with E-state index in [9.17, 15) is 28.1 Å². The maximum absolute atomic E-state index is 13.0. The minimum absolute atomic E-state index is 0.0198. The predicted octanol–water partition coefficient (Wildman–Crippen LogP) is 4.60. The zero-order chi connectivity index (χ0) is 24.6. The van der Waals surface area contributed by atoms with Crippen molar-refractivity contribution in [2.45, 2.75) is 57.7 Å². The molecule has 0 spiro atoms. The summed E-state index contributed by atoms with van der Waals surface area (Å²) in [5.74, 6) is 0.888. The molecular formula is C22H26F3N5O4. The summed E-state index contributed by atoms with van der Waals surface area (Å²) >= 11 is 0. The first kappa shape index (κ1) is 24.0. The molecule has 2 fully saturated rings. The lowest BCUT2D eigenvalue weighted by atomic mass is 9.94. The smallest absolute Gasteiger partial charge is 0.366 e. The summed E-state index contributed by atoms with van der Waals surface area (Å²) in [6.45, 7) is 4.50. The molecule has 2 heterocycles. The molecule has 1 saturated carbocycles. The third-order valence-electron chi connectivity index (χ3n) is 6.34. The van der Waals surface area contributed by atoms with Crippen LogP contribution >= 0.6 is 0 Å². The molecule has 2 aliphatic rings. The van der Waals surface area contributed by atoms with Gasteiger partial charge in [-0.25, -0.2) is 0 Å². The largest absolute Gasteiger partial charge is 0.416 e. The number of rotatable bonds is 7. The van der Waals surface area contributed by atoms with E-state index < -0.39 is 28.4 Å². The Kier molecular flexibility index (Phi) is 6.50. The van der Waals surface area contributed by atoms with Crippen molar-refractivity contribution in [2.24, 2.45) is 11.8 Å². The van der Waals surface area contributed by atoms with E-state index in [4.69, 9.17) is 4.52 Å². The Balaban J connectivity index is 1.41. The van der Waals surface area contributed by atoms with Gasteiger partial charge in [-0.15, -0.1) is 0 Å². The number of benzene rings is 1.